The smallest absolute Gasteiger partial charge is 0.154 e. The third-order valence-electron chi connectivity index (χ3n) is 4.93. The van der Waals surface area contributed by atoms with E-state index in [-0.39, 0.29) is 6.10 Å². The highest BCUT2D eigenvalue weighted by Gasteiger charge is 2.19. The summed E-state index contributed by atoms with van der Waals surface area (Å²) in [6.07, 6.45) is 5.80. The number of imidazole rings is 1. The first kappa shape index (κ1) is 16.0. The third kappa shape index (κ3) is 2.96. The number of hydrogen-bond acceptors (Lipinski definition) is 5. The first-order valence-electron chi connectivity index (χ1n) is 9.09. The van der Waals surface area contributed by atoms with Gasteiger partial charge in [0.25, 0.3) is 0 Å². The van der Waals surface area contributed by atoms with Crippen LogP contribution in [0.4, 0.5) is 5.82 Å². The normalized spacial score (nSPS) is 17.5. The van der Waals surface area contributed by atoms with Crippen molar-refractivity contribution in [2.45, 2.75) is 13.0 Å². The zero-order valence-corrected chi connectivity index (χ0v) is 15.0. The predicted molar refractivity (Wildman–Crippen MR) is 104 cm³/mol. The average molecular weight is 360 g/mol. The van der Waals surface area contributed by atoms with Gasteiger partial charge in [-0.05, 0) is 24.6 Å². The van der Waals surface area contributed by atoms with Crippen LogP contribution in [0.2, 0.25) is 0 Å². The van der Waals surface area contributed by atoms with E-state index in [0.29, 0.717) is 0 Å². The van der Waals surface area contributed by atoms with Gasteiger partial charge >= 0.3 is 0 Å². The number of H-pyrrole nitrogens is 1. The average Bonchev–Trinajstić information content (AvgIpc) is 3.38. The summed E-state index contributed by atoms with van der Waals surface area (Å²) in [7, 11) is 0. The number of rotatable bonds is 3. The van der Waals surface area contributed by atoms with Gasteiger partial charge in [0.05, 0.1) is 30.8 Å². The molecule has 1 fully saturated rings. The zero-order valence-electron chi connectivity index (χ0n) is 15.0. The molecule has 0 amide bonds. The van der Waals surface area contributed by atoms with E-state index >= 15 is 0 Å². The number of ether oxygens (including phenoxy) is 1. The standard InChI is InChI=1S/C20H20N6O/c1-14-13-25(8-9-27-14)20-7-6-19-21-12-18(26(19)24-20)16-4-2-15(3-5-16)17-10-22-23-11-17/h2-7,10-12,14H,8-9,13H2,1H3,(H,22,23)/t14-/m0/s1. The lowest BCUT2D eigenvalue weighted by atomic mass is 10.1. The van der Waals surface area contributed by atoms with Crippen molar-refractivity contribution in [3.05, 3.63) is 55.0 Å². The lowest BCUT2D eigenvalue weighted by molar-refractivity contribution is 0.0529. The molecule has 0 saturated carbocycles. The fraction of sp³-hybridized carbons (Fsp3) is 0.250. The molecule has 0 radical (unpaired) electrons. The van der Waals surface area contributed by atoms with Crippen LogP contribution in [-0.4, -0.2) is 50.6 Å². The number of aromatic amines is 1. The Labute approximate surface area is 156 Å². The molecule has 0 unspecified atom stereocenters. The number of morpholine rings is 1. The van der Waals surface area contributed by atoms with Crippen LogP contribution in [0.25, 0.3) is 28.0 Å². The van der Waals surface area contributed by atoms with Crippen LogP contribution in [0.15, 0.2) is 55.0 Å². The Balaban J connectivity index is 1.50. The molecule has 7 heteroatoms. The molecule has 27 heavy (non-hydrogen) atoms. The molecule has 4 heterocycles. The number of nitrogens with zero attached hydrogens (tertiary/aromatic N) is 5. The SMILES string of the molecule is C[C@H]1CN(c2ccc3ncc(-c4ccc(-c5cn[nH]c5)cc4)n3n2)CCO1. The van der Waals surface area contributed by atoms with Crippen molar-refractivity contribution in [2.75, 3.05) is 24.6 Å². The molecule has 5 rings (SSSR count). The summed E-state index contributed by atoms with van der Waals surface area (Å²) in [4.78, 5) is 6.77. The van der Waals surface area contributed by atoms with Gasteiger partial charge in [0.15, 0.2) is 5.65 Å². The Bertz CT molecular complexity index is 1050. The molecule has 0 spiro atoms. The topological polar surface area (TPSA) is 71.3 Å². The van der Waals surface area contributed by atoms with E-state index in [0.717, 1.165) is 53.5 Å². The Morgan fingerprint density at radius 2 is 1.89 bits per heavy atom. The summed E-state index contributed by atoms with van der Waals surface area (Å²) < 4.78 is 7.56. The number of anilines is 1. The second kappa shape index (κ2) is 6.51. The van der Waals surface area contributed by atoms with Crippen molar-refractivity contribution in [3.63, 3.8) is 0 Å². The van der Waals surface area contributed by atoms with Gasteiger partial charge < -0.3 is 9.64 Å². The van der Waals surface area contributed by atoms with Gasteiger partial charge in [0.2, 0.25) is 0 Å². The predicted octanol–water partition coefficient (Wildman–Crippen LogP) is 3.01. The number of fused-ring (bicyclic) bond motifs is 1. The van der Waals surface area contributed by atoms with Gasteiger partial charge in [-0.15, -0.1) is 5.10 Å². The van der Waals surface area contributed by atoms with Crippen LogP contribution in [0.1, 0.15) is 6.92 Å². The van der Waals surface area contributed by atoms with E-state index in [4.69, 9.17) is 9.84 Å². The Kier molecular flexibility index (Phi) is 3.86. The lowest BCUT2D eigenvalue weighted by Crippen LogP contribution is -2.41. The van der Waals surface area contributed by atoms with Crippen molar-refractivity contribution >= 4 is 11.5 Å². The minimum Gasteiger partial charge on any atom is -0.375 e. The van der Waals surface area contributed by atoms with Crippen LogP contribution in [0, 0.1) is 0 Å². The van der Waals surface area contributed by atoms with Crippen molar-refractivity contribution in [1.82, 2.24) is 24.8 Å². The van der Waals surface area contributed by atoms with Gasteiger partial charge in [0.1, 0.15) is 5.82 Å². The van der Waals surface area contributed by atoms with Crippen LogP contribution in [-0.2, 0) is 4.74 Å². The first-order chi connectivity index (χ1) is 13.3. The van der Waals surface area contributed by atoms with Gasteiger partial charge in [-0.25, -0.2) is 9.50 Å². The number of aromatic nitrogens is 5. The minimum absolute atomic E-state index is 0.217. The highest BCUT2D eigenvalue weighted by Crippen LogP contribution is 2.25. The monoisotopic (exact) mass is 360 g/mol. The third-order valence-corrected chi connectivity index (χ3v) is 4.93. The molecular formula is C20H20N6O. The van der Waals surface area contributed by atoms with E-state index in [1.54, 1.807) is 0 Å². The van der Waals surface area contributed by atoms with E-state index in [1.165, 1.54) is 0 Å². The maximum Gasteiger partial charge on any atom is 0.154 e. The maximum absolute atomic E-state index is 5.64. The number of nitrogens with one attached hydrogen (secondary N) is 1. The fourth-order valence-corrected chi connectivity index (χ4v) is 3.50. The first-order valence-corrected chi connectivity index (χ1v) is 9.09. The molecule has 0 aliphatic carbocycles. The highest BCUT2D eigenvalue weighted by molar-refractivity contribution is 5.69. The zero-order chi connectivity index (χ0) is 18.2. The molecule has 1 aliphatic heterocycles. The minimum atomic E-state index is 0.217. The van der Waals surface area contributed by atoms with Crippen molar-refractivity contribution in [1.29, 1.82) is 0 Å². The van der Waals surface area contributed by atoms with Gasteiger partial charge in [-0.3, -0.25) is 5.10 Å². The summed E-state index contributed by atoms with van der Waals surface area (Å²) in [5, 5.41) is 11.7. The summed E-state index contributed by atoms with van der Waals surface area (Å²) in [5.74, 6) is 0.951. The summed E-state index contributed by atoms with van der Waals surface area (Å²) in [5.41, 5.74) is 5.09. The van der Waals surface area contributed by atoms with Crippen molar-refractivity contribution in [3.8, 4) is 22.4 Å². The second-order valence-corrected chi connectivity index (χ2v) is 6.80. The molecule has 7 nitrogen and oxygen atoms in total. The number of hydrogen-bond donors (Lipinski definition) is 1. The largest absolute Gasteiger partial charge is 0.375 e. The van der Waals surface area contributed by atoms with E-state index in [1.807, 2.05) is 35.2 Å². The van der Waals surface area contributed by atoms with Crippen molar-refractivity contribution < 1.29 is 4.74 Å². The van der Waals surface area contributed by atoms with Gasteiger partial charge in [0, 0.05) is 30.4 Å². The van der Waals surface area contributed by atoms with Crippen LogP contribution in [0.5, 0.6) is 0 Å². The summed E-state index contributed by atoms with van der Waals surface area (Å²) in [6, 6.07) is 12.4. The second-order valence-electron chi connectivity index (χ2n) is 6.80. The van der Waals surface area contributed by atoms with Gasteiger partial charge in [-0.1, -0.05) is 24.3 Å². The van der Waals surface area contributed by atoms with Crippen LogP contribution < -0.4 is 4.90 Å². The Morgan fingerprint density at radius 1 is 1.04 bits per heavy atom. The molecule has 1 saturated heterocycles. The lowest BCUT2D eigenvalue weighted by Gasteiger charge is -2.31. The molecule has 1 aromatic carbocycles. The molecule has 1 aliphatic rings. The van der Waals surface area contributed by atoms with Gasteiger partial charge in [-0.2, -0.15) is 5.10 Å². The van der Waals surface area contributed by atoms with Crippen LogP contribution >= 0.6 is 0 Å². The van der Waals surface area contributed by atoms with E-state index in [9.17, 15) is 0 Å². The summed E-state index contributed by atoms with van der Waals surface area (Å²) >= 11 is 0. The molecule has 1 N–H and O–H groups in total. The Morgan fingerprint density at radius 3 is 2.67 bits per heavy atom. The Hall–Kier alpha value is -3.19. The molecule has 4 aromatic rings. The van der Waals surface area contributed by atoms with Crippen molar-refractivity contribution in [2.24, 2.45) is 0 Å². The molecule has 3 aromatic heterocycles. The van der Waals surface area contributed by atoms with E-state index in [2.05, 4.69) is 51.3 Å². The number of benzene rings is 1. The highest BCUT2D eigenvalue weighted by atomic mass is 16.5. The molecule has 136 valence electrons. The van der Waals surface area contributed by atoms with Crippen LogP contribution in [0.3, 0.4) is 0 Å². The quantitative estimate of drug-likeness (QED) is 0.608. The summed E-state index contributed by atoms with van der Waals surface area (Å²) in [6.45, 7) is 4.52. The molecule has 0 bridgehead atoms. The fourth-order valence-electron chi connectivity index (χ4n) is 3.50. The van der Waals surface area contributed by atoms with E-state index < -0.39 is 0 Å². The maximum atomic E-state index is 5.64. The molecular weight excluding hydrogens is 340 g/mol. The molecule has 1 atom stereocenters.